The van der Waals surface area contributed by atoms with E-state index in [-0.39, 0.29) is 4.83 Å². The number of halogens is 3. The third-order valence-electron chi connectivity index (χ3n) is 3.29. The maximum atomic E-state index is 5.49. The van der Waals surface area contributed by atoms with Crippen molar-refractivity contribution in [1.29, 1.82) is 0 Å². The molecule has 20 heavy (non-hydrogen) atoms. The van der Waals surface area contributed by atoms with Gasteiger partial charge in [0.1, 0.15) is 5.75 Å². The molecule has 0 aliphatic heterocycles. The average Bonchev–Trinajstić information content (AvgIpc) is 2.42. The van der Waals surface area contributed by atoms with Crippen molar-refractivity contribution in [3.8, 4) is 5.75 Å². The molecule has 0 aromatic heterocycles. The van der Waals surface area contributed by atoms with Gasteiger partial charge in [-0.05, 0) is 48.7 Å². The van der Waals surface area contributed by atoms with Crippen LogP contribution in [0.25, 0.3) is 0 Å². The zero-order valence-electron chi connectivity index (χ0n) is 11.5. The molecule has 2 aromatic rings. The average molecular weight is 463 g/mol. The molecule has 0 radical (unpaired) electrons. The molecule has 0 N–H and O–H groups in total. The number of benzene rings is 2. The molecule has 2 rings (SSSR count). The van der Waals surface area contributed by atoms with E-state index in [0.717, 1.165) is 20.3 Å². The summed E-state index contributed by atoms with van der Waals surface area (Å²) in [4.78, 5) is 0.109. The Balaban J connectivity index is 2.51. The number of rotatable bonds is 3. The molecule has 0 bridgehead atoms. The highest BCUT2D eigenvalue weighted by Gasteiger charge is 2.18. The third-order valence-corrected chi connectivity index (χ3v) is 5.62. The van der Waals surface area contributed by atoms with Crippen LogP contribution in [0.4, 0.5) is 0 Å². The predicted octanol–water partition coefficient (Wildman–Crippen LogP) is 6.32. The number of hydrogen-bond donors (Lipinski definition) is 0. The van der Waals surface area contributed by atoms with Gasteiger partial charge in [-0.1, -0.05) is 59.9 Å². The highest BCUT2D eigenvalue weighted by atomic mass is 79.9. The molecule has 1 atom stereocenters. The quantitative estimate of drug-likeness (QED) is 0.485. The van der Waals surface area contributed by atoms with Crippen molar-refractivity contribution >= 4 is 47.8 Å². The second-order valence-corrected chi connectivity index (χ2v) is 7.39. The molecule has 1 nitrogen and oxygen atoms in total. The lowest BCUT2D eigenvalue weighted by atomic mass is 9.98. The van der Waals surface area contributed by atoms with Gasteiger partial charge < -0.3 is 4.74 Å². The second kappa shape index (κ2) is 6.63. The summed E-state index contributed by atoms with van der Waals surface area (Å²) in [5.74, 6) is 0.876. The van der Waals surface area contributed by atoms with E-state index < -0.39 is 0 Å². The first-order chi connectivity index (χ1) is 9.43. The number of hydrogen-bond acceptors (Lipinski definition) is 1. The van der Waals surface area contributed by atoms with Gasteiger partial charge in [-0.2, -0.15) is 0 Å². The molecule has 4 heteroatoms. The number of alkyl halides is 1. The molecule has 0 heterocycles. The Morgan fingerprint density at radius 3 is 2.30 bits per heavy atom. The van der Waals surface area contributed by atoms with E-state index in [1.54, 1.807) is 7.11 Å². The molecular weight excluding hydrogens is 448 g/mol. The van der Waals surface area contributed by atoms with Crippen LogP contribution in [0.5, 0.6) is 5.75 Å². The standard InChI is InChI=1S/C16H15Br3O/c1-9-7-14(18)10(2)6-13(9)16(19)12-5-4-11(17)8-15(12)20-3/h4-8,16H,1-3H3. The van der Waals surface area contributed by atoms with Gasteiger partial charge in [-0.15, -0.1) is 0 Å². The zero-order chi connectivity index (χ0) is 14.9. The molecule has 2 aromatic carbocycles. The molecule has 0 aliphatic rings. The Morgan fingerprint density at radius 2 is 1.65 bits per heavy atom. The smallest absolute Gasteiger partial charge is 0.124 e. The van der Waals surface area contributed by atoms with Crippen LogP contribution in [0, 0.1) is 13.8 Å². The topological polar surface area (TPSA) is 9.23 Å². The SMILES string of the molecule is COc1cc(Br)ccc1C(Br)c1cc(C)c(Br)cc1C. The van der Waals surface area contributed by atoms with Crippen LogP contribution in [0.15, 0.2) is 39.3 Å². The van der Waals surface area contributed by atoms with Crippen LogP contribution in [-0.4, -0.2) is 7.11 Å². The molecule has 0 spiro atoms. The summed E-state index contributed by atoms with van der Waals surface area (Å²) < 4.78 is 7.65. The van der Waals surface area contributed by atoms with E-state index in [4.69, 9.17) is 4.74 Å². The van der Waals surface area contributed by atoms with Gasteiger partial charge in [-0.25, -0.2) is 0 Å². The lowest BCUT2D eigenvalue weighted by Crippen LogP contribution is -2.00. The van der Waals surface area contributed by atoms with Gasteiger partial charge >= 0.3 is 0 Å². The van der Waals surface area contributed by atoms with E-state index >= 15 is 0 Å². The van der Waals surface area contributed by atoms with Crippen LogP contribution in [0.2, 0.25) is 0 Å². The summed E-state index contributed by atoms with van der Waals surface area (Å²) in [5.41, 5.74) is 4.85. The molecule has 0 fully saturated rings. The minimum absolute atomic E-state index is 0.109. The Kier molecular flexibility index (Phi) is 5.32. The third kappa shape index (κ3) is 3.29. The van der Waals surface area contributed by atoms with Crippen molar-refractivity contribution in [1.82, 2.24) is 0 Å². The van der Waals surface area contributed by atoms with Gasteiger partial charge in [0.05, 0.1) is 11.9 Å². The van der Waals surface area contributed by atoms with E-state index in [2.05, 4.69) is 79.8 Å². The van der Waals surface area contributed by atoms with Crippen molar-refractivity contribution < 1.29 is 4.74 Å². The Hall–Kier alpha value is -0.320. The van der Waals surface area contributed by atoms with Crippen molar-refractivity contribution in [2.45, 2.75) is 18.7 Å². The number of ether oxygens (including phenoxy) is 1. The largest absolute Gasteiger partial charge is 0.496 e. The Labute approximate surface area is 145 Å². The van der Waals surface area contributed by atoms with E-state index in [1.165, 1.54) is 16.7 Å². The number of aryl methyl sites for hydroxylation is 2. The summed E-state index contributed by atoms with van der Waals surface area (Å²) in [5, 5.41) is 0. The summed E-state index contributed by atoms with van der Waals surface area (Å²) in [6.07, 6.45) is 0. The van der Waals surface area contributed by atoms with Crippen LogP contribution >= 0.6 is 47.8 Å². The monoisotopic (exact) mass is 460 g/mol. The van der Waals surface area contributed by atoms with Crippen molar-refractivity contribution in [2.24, 2.45) is 0 Å². The van der Waals surface area contributed by atoms with Crippen LogP contribution in [0.3, 0.4) is 0 Å². The summed E-state index contributed by atoms with van der Waals surface area (Å²) >= 11 is 10.9. The Bertz CT molecular complexity index is 638. The molecule has 0 saturated heterocycles. The van der Waals surface area contributed by atoms with E-state index in [9.17, 15) is 0 Å². The first-order valence-corrected chi connectivity index (χ1v) is 8.68. The van der Waals surface area contributed by atoms with Crippen molar-refractivity contribution in [2.75, 3.05) is 7.11 Å². The van der Waals surface area contributed by atoms with Crippen LogP contribution in [-0.2, 0) is 0 Å². The van der Waals surface area contributed by atoms with E-state index in [1.807, 2.05) is 12.1 Å². The minimum Gasteiger partial charge on any atom is -0.496 e. The first-order valence-electron chi connectivity index (χ1n) is 6.18. The molecule has 0 saturated carbocycles. The normalized spacial score (nSPS) is 12.3. The molecule has 1 unspecified atom stereocenters. The van der Waals surface area contributed by atoms with Crippen molar-refractivity contribution in [3.63, 3.8) is 0 Å². The molecule has 106 valence electrons. The maximum Gasteiger partial charge on any atom is 0.124 e. The summed E-state index contributed by atoms with van der Waals surface area (Å²) in [6.45, 7) is 4.23. The van der Waals surface area contributed by atoms with Gasteiger partial charge in [0.15, 0.2) is 0 Å². The van der Waals surface area contributed by atoms with Gasteiger partial charge in [-0.3, -0.25) is 0 Å². The first kappa shape index (κ1) is 16.1. The second-order valence-electron chi connectivity index (χ2n) is 4.71. The van der Waals surface area contributed by atoms with Crippen LogP contribution < -0.4 is 4.74 Å². The van der Waals surface area contributed by atoms with Crippen molar-refractivity contribution in [3.05, 3.63) is 61.5 Å². The highest BCUT2D eigenvalue weighted by Crippen LogP contribution is 2.40. The summed E-state index contributed by atoms with van der Waals surface area (Å²) in [7, 11) is 1.70. The molecule has 0 amide bonds. The minimum atomic E-state index is 0.109. The summed E-state index contributed by atoms with van der Waals surface area (Å²) in [6, 6.07) is 10.5. The van der Waals surface area contributed by atoms with E-state index in [0.29, 0.717) is 0 Å². The molecule has 0 aliphatic carbocycles. The highest BCUT2D eigenvalue weighted by molar-refractivity contribution is 9.10. The lowest BCUT2D eigenvalue weighted by Gasteiger charge is -2.18. The number of methoxy groups -OCH3 is 1. The maximum absolute atomic E-state index is 5.49. The van der Waals surface area contributed by atoms with Crippen LogP contribution in [0.1, 0.15) is 27.1 Å². The fourth-order valence-corrected chi connectivity index (χ4v) is 3.81. The van der Waals surface area contributed by atoms with Gasteiger partial charge in [0, 0.05) is 14.5 Å². The zero-order valence-corrected chi connectivity index (χ0v) is 16.3. The molecular formula is C16H15Br3O. The fourth-order valence-electron chi connectivity index (χ4n) is 2.14. The van der Waals surface area contributed by atoms with Gasteiger partial charge in [0.25, 0.3) is 0 Å². The predicted molar refractivity (Wildman–Crippen MR) is 95.1 cm³/mol. The fraction of sp³-hybridized carbons (Fsp3) is 0.250. The Morgan fingerprint density at radius 1 is 0.950 bits per heavy atom. The lowest BCUT2D eigenvalue weighted by molar-refractivity contribution is 0.410. The van der Waals surface area contributed by atoms with Gasteiger partial charge in [0.2, 0.25) is 0 Å².